The number of rotatable bonds is 3. The highest BCUT2D eigenvalue weighted by molar-refractivity contribution is 5.76. The summed E-state index contributed by atoms with van der Waals surface area (Å²) in [6.07, 6.45) is 9.39. The number of hydrogen-bond donors (Lipinski definition) is 2. The van der Waals surface area contributed by atoms with Crippen molar-refractivity contribution in [3.8, 4) is 0 Å². The van der Waals surface area contributed by atoms with Crippen molar-refractivity contribution in [1.82, 2.24) is 10.6 Å². The van der Waals surface area contributed by atoms with Gasteiger partial charge >= 0.3 is 0 Å². The van der Waals surface area contributed by atoms with E-state index in [4.69, 9.17) is 0 Å². The van der Waals surface area contributed by atoms with Gasteiger partial charge < -0.3 is 10.6 Å². The molecule has 0 aromatic carbocycles. The van der Waals surface area contributed by atoms with Crippen molar-refractivity contribution in [3.63, 3.8) is 0 Å². The van der Waals surface area contributed by atoms with Gasteiger partial charge in [0.25, 0.3) is 0 Å². The molecule has 3 heteroatoms. The van der Waals surface area contributed by atoms with Crippen LogP contribution in [0.4, 0.5) is 0 Å². The van der Waals surface area contributed by atoms with Crippen molar-refractivity contribution in [2.75, 3.05) is 13.1 Å². The van der Waals surface area contributed by atoms with Gasteiger partial charge in [-0.25, -0.2) is 0 Å². The Bertz CT molecular complexity index is 196. The molecule has 1 aliphatic heterocycles. The van der Waals surface area contributed by atoms with Crippen LogP contribution in [0.25, 0.3) is 0 Å². The number of piperidine rings is 1. The van der Waals surface area contributed by atoms with Crippen molar-refractivity contribution in [2.24, 2.45) is 5.92 Å². The first-order valence-corrected chi connectivity index (χ1v) is 6.84. The van der Waals surface area contributed by atoms with E-state index in [1.54, 1.807) is 0 Å². The van der Waals surface area contributed by atoms with Crippen LogP contribution in [0.3, 0.4) is 0 Å². The zero-order chi connectivity index (χ0) is 11.2. The molecule has 16 heavy (non-hydrogen) atoms. The summed E-state index contributed by atoms with van der Waals surface area (Å²) >= 11 is 0. The Kier molecular flexibility index (Phi) is 4.64. The summed E-state index contributed by atoms with van der Waals surface area (Å²) in [5.41, 5.74) is 0. The predicted molar refractivity (Wildman–Crippen MR) is 65.2 cm³/mol. The van der Waals surface area contributed by atoms with E-state index in [0.29, 0.717) is 17.9 Å². The summed E-state index contributed by atoms with van der Waals surface area (Å²) in [7, 11) is 0. The molecule has 2 N–H and O–H groups in total. The topological polar surface area (TPSA) is 41.1 Å². The molecule has 0 unspecified atom stereocenters. The minimum Gasteiger partial charge on any atom is -0.353 e. The normalized spacial score (nSPS) is 24.2. The first-order chi connectivity index (χ1) is 7.84. The van der Waals surface area contributed by atoms with Crippen molar-refractivity contribution >= 4 is 5.91 Å². The smallest absolute Gasteiger partial charge is 0.220 e. The van der Waals surface area contributed by atoms with E-state index in [-0.39, 0.29) is 0 Å². The third kappa shape index (κ3) is 3.78. The van der Waals surface area contributed by atoms with Crippen LogP contribution in [-0.2, 0) is 4.79 Å². The van der Waals surface area contributed by atoms with Crippen LogP contribution in [0, 0.1) is 5.92 Å². The van der Waals surface area contributed by atoms with E-state index in [2.05, 4.69) is 10.6 Å². The number of hydrogen-bond acceptors (Lipinski definition) is 2. The van der Waals surface area contributed by atoms with E-state index in [1.165, 1.54) is 32.1 Å². The minimum atomic E-state index is 0.291. The van der Waals surface area contributed by atoms with Gasteiger partial charge in [-0.15, -0.1) is 0 Å². The Morgan fingerprint density at radius 2 is 1.75 bits per heavy atom. The number of nitrogens with one attached hydrogen (secondary N) is 2. The van der Waals surface area contributed by atoms with E-state index in [0.717, 1.165) is 32.4 Å². The van der Waals surface area contributed by atoms with Gasteiger partial charge in [0.1, 0.15) is 0 Å². The Labute approximate surface area is 98.4 Å². The quantitative estimate of drug-likeness (QED) is 0.768. The zero-order valence-corrected chi connectivity index (χ0v) is 10.1. The highest BCUT2D eigenvalue weighted by Crippen LogP contribution is 2.19. The molecule has 2 rings (SSSR count). The van der Waals surface area contributed by atoms with Gasteiger partial charge in [-0.1, -0.05) is 19.3 Å². The lowest BCUT2D eigenvalue weighted by Gasteiger charge is -2.25. The molecule has 0 spiro atoms. The van der Waals surface area contributed by atoms with Crippen molar-refractivity contribution in [3.05, 3.63) is 0 Å². The zero-order valence-electron chi connectivity index (χ0n) is 10.1. The average Bonchev–Trinajstić information content (AvgIpc) is 2.31. The van der Waals surface area contributed by atoms with Crippen molar-refractivity contribution in [2.45, 2.75) is 57.4 Å². The van der Waals surface area contributed by atoms with Gasteiger partial charge in [-0.3, -0.25) is 4.79 Å². The van der Waals surface area contributed by atoms with Gasteiger partial charge in [-0.2, -0.15) is 0 Å². The van der Waals surface area contributed by atoms with Crippen LogP contribution < -0.4 is 10.6 Å². The fraction of sp³-hybridized carbons (Fsp3) is 0.923. The molecule has 2 aliphatic rings. The van der Waals surface area contributed by atoms with Crippen LogP contribution in [0.15, 0.2) is 0 Å². The lowest BCUT2D eigenvalue weighted by Crippen LogP contribution is -2.38. The van der Waals surface area contributed by atoms with E-state index in [1.807, 2.05) is 0 Å². The van der Waals surface area contributed by atoms with E-state index >= 15 is 0 Å². The second-order valence-corrected chi connectivity index (χ2v) is 5.30. The predicted octanol–water partition coefficient (Wildman–Crippen LogP) is 1.82. The first-order valence-electron chi connectivity index (χ1n) is 6.84. The molecule has 0 aromatic rings. The van der Waals surface area contributed by atoms with E-state index < -0.39 is 0 Å². The Morgan fingerprint density at radius 3 is 2.44 bits per heavy atom. The molecule has 1 amide bonds. The third-order valence-corrected chi connectivity index (χ3v) is 3.90. The SMILES string of the molecule is O=C(CC1CCNCC1)NC1CCCCC1. The minimum absolute atomic E-state index is 0.291. The Balaban J connectivity index is 1.66. The summed E-state index contributed by atoms with van der Waals surface area (Å²) < 4.78 is 0. The molecule has 3 nitrogen and oxygen atoms in total. The summed E-state index contributed by atoms with van der Waals surface area (Å²) in [6, 6.07) is 0.475. The van der Waals surface area contributed by atoms with Crippen LogP contribution in [0.5, 0.6) is 0 Å². The molecule has 1 saturated carbocycles. The first kappa shape index (κ1) is 11.9. The number of carbonyl (C=O) groups is 1. The average molecular weight is 224 g/mol. The maximum Gasteiger partial charge on any atom is 0.220 e. The Hall–Kier alpha value is -0.570. The van der Waals surface area contributed by atoms with Gasteiger partial charge in [0, 0.05) is 12.5 Å². The lowest BCUT2D eigenvalue weighted by atomic mass is 9.92. The maximum absolute atomic E-state index is 11.8. The van der Waals surface area contributed by atoms with Crippen LogP contribution in [0.1, 0.15) is 51.4 Å². The highest BCUT2D eigenvalue weighted by Gasteiger charge is 2.20. The molecule has 0 atom stereocenters. The molecule has 1 saturated heterocycles. The van der Waals surface area contributed by atoms with E-state index in [9.17, 15) is 4.79 Å². The second kappa shape index (κ2) is 6.24. The molecule has 2 fully saturated rings. The fourth-order valence-corrected chi connectivity index (χ4v) is 2.88. The van der Waals surface area contributed by atoms with Gasteiger partial charge in [-0.05, 0) is 44.7 Å². The molecule has 1 heterocycles. The fourth-order valence-electron chi connectivity index (χ4n) is 2.88. The third-order valence-electron chi connectivity index (χ3n) is 3.90. The van der Waals surface area contributed by atoms with Crippen LogP contribution >= 0.6 is 0 Å². The van der Waals surface area contributed by atoms with Crippen molar-refractivity contribution < 1.29 is 4.79 Å². The molecular weight excluding hydrogens is 200 g/mol. The molecule has 0 aromatic heterocycles. The summed E-state index contributed by atoms with van der Waals surface area (Å²) in [5.74, 6) is 0.906. The standard InChI is InChI=1S/C13H24N2O/c16-13(10-11-6-8-14-9-7-11)15-12-4-2-1-3-5-12/h11-12,14H,1-10H2,(H,15,16). The summed E-state index contributed by atoms with van der Waals surface area (Å²) in [4.78, 5) is 11.8. The monoisotopic (exact) mass is 224 g/mol. The molecular formula is C13H24N2O. The molecule has 1 aliphatic carbocycles. The summed E-state index contributed by atoms with van der Waals surface area (Å²) in [6.45, 7) is 2.17. The maximum atomic E-state index is 11.8. The number of carbonyl (C=O) groups excluding carboxylic acids is 1. The summed E-state index contributed by atoms with van der Waals surface area (Å²) in [5, 5.41) is 6.54. The van der Waals surface area contributed by atoms with Crippen LogP contribution in [-0.4, -0.2) is 25.0 Å². The molecule has 92 valence electrons. The largest absolute Gasteiger partial charge is 0.353 e. The molecule has 0 radical (unpaired) electrons. The second-order valence-electron chi connectivity index (χ2n) is 5.30. The van der Waals surface area contributed by atoms with Gasteiger partial charge in [0.15, 0.2) is 0 Å². The van der Waals surface area contributed by atoms with Crippen LogP contribution in [0.2, 0.25) is 0 Å². The van der Waals surface area contributed by atoms with Gasteiger partial charge in [0.2, 0.25) is 5.91 Å². The lowest BCUT2D eigenvalue weighted by molar-refractivity contribution is -0.123. The number of amides is 1. The Morgan fingerprint density at radius 1 is 1.06 bits per heavy atom. The van der Waals surface area contributed by atoms with Gasteiger partial charge in [0.05, 0.1) is 0 Å². The molecule has 0 bridgehead atoms. The van der Waals surface area contributed by atoms with Crippen molar-refractivity contribution in [1.29, 1.82) is 0 Å². The highest BCUT2D eigenvalue weighted by atomic mass is 16.1.